The van der Waals surface area contributed by atoms with Gasteiger partial charge in [-0.3, -0.25) is 4.72 Å². The molecule has 2 aromatic carbocycles. The van der Waals surface area contributed by atoms with E-state index in [9.17, 15) is 16.8 Å². The average molecular weight is 543 g/mol. The first-order valence-electron chi connectivity index (χ1n) is 9.40. The van der Waals surface area contributed by atoms with Gasteiger partial charge in [-0.2, -0.15) is 4.31 Å². The summed E-state index contributed by atoms with van der Waals surface area (Å²) in [7, 11) is -7.37. The van der Waals surface area contributed by atoms with E-state index in [0.29, 0.717) is 30.0 Å². The van der Waals surface area contributed by atoms with Gasteiger partial charge in [-0.15, -0.1) is 10.2 Å². The normalized spacial score (nSPS) is 17.6. The lowest BCUT2D eigenvalue weighted by atomic mass is 10.2. The van der Waals surface area contributed by atoms with Gasteiger partial charge in [-0.1, -0.05) is 57.6 Å². The first-order chi connectivity index (χ1) is 14.7. The predicted molar refractivity (Wildman–Crippen MR) is 123 cm³/mol. The molecule has 1 saturated heterocycles. The van der Waals surface area contributed by atoms with Crippen molar-refractivity contribution in [2.24, 2.45) is 0 Å². The van der Waals surface area contributed by atoms with Crippen molar-refractivity contribution in [1.82, 2.24) is 14.5 Å². The summed E-state index contributed by atoms with van der Waals surface area (Å²) in [5.74, 6) is -0.184. The lowest BCUT2D eigenvalue weighted by molar-refractivity contribution is 0.394. The summed E-state index contributed by atoms with van der Waals surface area (Å²) in [6.45, 7) is 0.373. The van der Waals surface area contributed by atoms with E-state index < -0.39 is 26.1 Å². The standard InChI is InChI=1S/C19H19BrN4O4S3/c20-15-8-10-16(11-9-15)31(27,28)24-12-4-7-17(24)18-21-22-19(29-18)23-30(25,26)13-14-5-2-1-3-6-14/h1-3,5-6,8-11,17H,4,7,12-13H2,(H,22,23). The zero-order chi connectivity index (χ0) is 22.1. The van der Waals surface area contributed by atoms with Gasteiger partial charge in [0.15, 0.2) is 0 Å². The first kappa shape index (κ1) is 22.3. The van der Waals surface area contributed by atoms with Crippen molar-refractivity contribution in [1.29, 1.82) is 0 Å². The molecule has 1 N–H and O–H groups in total. The molecule has 2 heterocycles. The molecule has 1 fully saturated rings. The Labute approximate surface area is 193 Å². The molecule has 0 radical (unpaired) electrons. The third-order valence-corrected chi connectivity index (χ3v) is 9.53. The van der Waals surface area contributed by atoms with Crippen LogP contribution in [0.15, 0.2) is 64.0 Å². The summed E-state index contributed by atoms with van der Waals surface area (Å²) in [6, 6.07) is 14.8. The van der Waals surface area contributed by atoms with E-state index in [4.69, 9.17) is 0 Å². The van der Waals surface area contributed by atoms with Crippen LogP contribution in [0.25, 0.3) is 0 Å². The molecular formula is C19H19BrN4O4S3. The number of hydrogen-bond acceptors (Lipinski definition) is 7. The van der Waals surface area contributed by atoms with Gasteiger partial charge in [0.2, 0.25) is 25.2 Å². The van der Waals surface area contributed by atoms with Crippen molar-refractivity contribution in [3.63, 3.8) is 0 Å². The van der Waals surface area contributed by atoms with Crippen LogP contribution in [-0.2, 0) is 25.8 Å². The highest BCUT2D eigenvalue weighted by Gasteiger charge is 2.38. The maximum Gasteiger partial charge on any atom is 0.243 e. The van der Waals surface area contributed by atoms with Crippen LogP contribution in [0, 0.1) is 0 Å². The monoisotopic (exact) mass is 542 g/mol. The third-order valence-electron chi connectivity index (χ3n) is 4.79. The van der Waals surface area contributed by atoms with E-state index >= 15 is 0 Å². The number of aromatic nitrogens is 2. The molecule has 1 atom stereocenters. The van der Waals surface area contributed by atoms with Crippen LogP contribution in [0.1, 0.15) is 29.5 Å². The fraction of sp³-hybridized carbons (Fsp3) is 0.263. The van der Waals surface area contributed by atoms with Gasteiger partial charge in [-0.25, -0.2) is 16.8 Å². The van der Waals surface area contributed by atoms with Crippen LogP contribution in [0.5, 0.6) is 0 Å². The van der Waals surface area contributed by atoms with Gasteiger partial charge < -0.3 is 0 Å². The van der Waals surface area contributed by atoms with Gasteiger partial charge in [0.25, 0.3) is 0 Å². The molecule has 0 saturated carbocycles. The molecular weight excluding hydrogens is 524 g/mol. The van der Waals surface area contributed by atoms with Crippen molar-refractivity contribution < 1.29 is 16.8 Å². The molecule has 0 bridgehead atoms. The number of anilines is 1. The SMILES string of the molecule is O=S(=O)(Cc1ccccc1)Nc1nnc(C2CCCN2S(=O)(=O)c2ccc(Br)cc2)s1. The van der Waals surface area contributed by atoms with Gasteiger partial charge >= 0.3 is 0 Å². The van der Waals surface area contributed by atoms with Gasteiger partial charge in [-0.05, 0) is 42.7 Å². The van der Waals surface area contributed by atoms with E-state index in [-0.39, 0.29) is 15.8 Å². The summed E-state index contributed by atoms with van der Waals surface area (Å²) >= 11 is 4.37. The van der Waals surface area contributed by atoms with Gasteiger partial charge in [0.1, 0.15) is 5.01 Å². The lowest BCUT2D eigenvalue weighted by Crippen LogP contribution is -2.30. The minimum absolute atomic E-state index is 0.124. The van der Waals surface area contributed by atoms with Gasteiger partial charge in [0.05, 0.1) is 16.7 Å². The number of nitrogens with one attached hydrogen (secondary N) is 1. The predicted octanol–water partition coefficient (Wildman–Crippen LogP) is 3.77. The molecule has 31 heavy (non-hydrogen) atoms. The fourth-order valence-electron chi connectivity index (χ4n) is 3.39. The maximum absolute atomic E-state index is 13.1. The minimum atomic E-state index is -3.71. The Kier molecular flexibility index (Phi) is 6.44. The topological polar surface area (TPSA) is 109 Å². The molecule has 1 aromatic heterocycles. The van der Waals surface area contributed by atoms with Crippen LogP contribution in [0.2, 0.25) is 0 Å². The van der Waals surface area contributed by atoms with Crippen LogP contribution in [0.3, 0.4) is 0 Å². The molecule has 8 nitrogen and oxygen atoms in total. The van der Waals surface area contributed by atoms with Crippen molar-refractivity contribution >= 4 is 52.4 Å². The Bertz CT molecular complexity index is 1260. The van der Waals surface area contributed by atoms with Gasteiger partial charge in [0, 0.05) is 11.0 Å². The fourth-order valence-corrected chi connectivity index (χ4v) is 7.68. The van der Waals surface area contributed by atoms with Crippen molar-refractivity contribution in [2.45, 2.75) is 29.5 Å². The third kappa shape index (κ3) is 5.14. The summed E-state index contributed by atoms with van der Waals surface area (Å²) < 4.78 is 55.8. The average Bonchev–Trinajstić information content (AvgIpc) is 3.38. The number of rotatable bonds is 7. The molecule has 0 spiro atoms. The van der Waals surface area contributed by atoms with Crippen LogP contribution >= 0.6 is 27.3 Å². The molecule has 1 aliphatic rings. The Balaban J connectivity index is 1.52. The molecule has 1 unspecified atom stereocenters. The Morgan fingerprint density at radius 3 is 2.45 bits per heavy atom. The quantitative estimate of drug-likeness (QED) is 0.486. The number of nitrogens with zero attached hydrogens (tertiary/aromatic N) is 3. The first-order valence-corrected chi connectivity index (χ1v) is 14.1. The maximum atomic E-state index is 13.1. The summed E-state index contributed by atoms with van der Waals surface area (Å²) in [4.78, 5) is 0.205. The van der Waals surface area contributed by atoms with Crippen molar-refractivity contribution in [2.75, 3.05) is 11.3 Å². The van der Waals surface area contributed by atoms with Crippen molar-refractivity contribution in [3.05, 3.63) is 69.6 Å². The molecule has 1 aliphatic heterocycles. The molecule has 4 rings (SSSR count). The molecule has 3 aromatic rings. The van der Waals surface area contributed by atoms with E-state index in [1.807, 2.05) is 6.07 Å². The zero-order valence-corrected chi connectivity index (χ0v) is 20.2. The van der Waals surface area contributed by atoms with Crippen molar-refractivity contribution in [3.8, 4) is 0 Å². The number of benzene rings is 2. The number of sulfonamides is 2. The smallest absolute Gasteiger partial charge is 0.243 e. The van der Waals surface area contributed by atoms with E-state index in [0.717, 1.165) is 15.8 Å². The summed E-state index contributed by atoms with van der Waals surface area (Å²) in [5.41, 5.74) is 0.655. The van der Waals surface area contributed by atoms with Crippen LogP contribution in [-0.4, -0.2) is 37.9 Å². The minimum Gasteiger partial charge on any atom is -0.257 e. The summed E-state index contributed by atoms with van der Waals surface area (Å²) in [5, 5.41) is 8.62. The van der Waals surface area contributed by atoms with E-state index in [1.165, 1.54) is 4.31 Å². The largest absolute Gasteiger partial charge is 0.257 e. The van der Waals surface area contributed by atoms with E-state index in [2.05, 4.69) is 30.8 Å². The molecule has 0 amide bonds. The highest BCUT2D eigenvalue weighted by molar-refractivity contribution is 9.10. The second kappa shape index (κ2) is 8.94. The highest BCUT2D eigenvalue weighted by Crippen LogP contribution is 2.38. The van der Waals surface area contributed by atoms with Crippen LogP contribution in [0.4, 0.5) is 5.13 Å². The second-order valence-electron chi connectivity index (χ2n) is 7.02. The lowest BCUT2D eigenvalue weighted by Gasteiger charge is -2.22. The molecule has 0 aliphatic carbocycles. The Hall–Kier alpha value is -1.86. The highest BCUT2D eigenvalue weighted by atomic mass is 79.9. The molecule has 12 heteroatoms. The number of hydrogen-bond donors (Lipinski definition) is 1. The molecule has 164 valence electrons. The Morgan fingerprint density at radius 1 is 1.03 bits per heavy atom. The number of halogens is 1. The van der Waals surface area contributed by atoms with E-state index in [1.54, 1.807) is 48.5 Å². The second-order valence-corrected chi connectivity index (χ2v) is 12.6. The van der Waals surface area contributed by atoms with Crippen LogP contribution < -0.4 is 4.72 Å². The summed E-state index contributed by atoms with van der Waals surface area (Å²) in [6.07, 6.45) is 1.29. The zero-order valence-electron chi connectivity index (χ0n) is 16.2. The Morgan fingerprint density at radius 2 is 1.74 bits per heavy atom.